The van der Waals surface area contributed by atoms with Crippen molar-refractivity contribution in [2.75, 3.05) is 20.6 Å². The van der Waals surface area contributed by atoms with Crippen LogP contribution in [-0.4, -0.2) is 144 Å². The van der Waals surface area contributed by atoms with Crippen LogP contribution in [0.1, 0.15) is 6.42 Å². The van der Waals surface area contributed by atoms with Crippen LogP contribution in [0.4, 0.5) is 162 Å². The molecule has 0 aromatic heterocycles. The summed E-state index contributed by atoms with van der Waals surface area (Å²) in [5.41, 5.74) is 0. The maximum absolute atomic E-state index is 14.1. The van der Waals surface area contributed by atoms with E-state index < -0.39 is 126 Å². The second-order valence-electron chi connectivity index (χ2n) is 12.5. The molecule has 1 atom stereocenters. The van der Waals surface area contributed by atoms with Crippen molar-refractivity contribution in [3.05, 3.63) is 0 Å². The van der Waals surface area contributed by atoms with Crippen LogP contribution in [0.3, 0.4) is 0 Å². The van der Waals surface area contributed by atoms with Gasteiger partial charge in [-0.15, -0.1) is 0 Å². The number of likely N-dealkylation sites (N-methyl/N-ethyl adjacent to an activating group) is 1. The molecule has 0 aliphatic heterocycles. The van der Waals surface area contributed by atoms with Gasteiger partial charge >= 0.3 is 107 Å². The number of hydrogen-bond acceptors (Lipinski definition) is 2. The summed E-state index contributed by atoms with van der Waals surface area (Å²) in [6, 6.07) is 0. The normalized spacial score (nSPS) is 17.6. The van der Waals surface area contributed by atoms with Crippen LogP contribution in [0.2, 0.25) is 0 Å². The molecule has 0 aromatic carbocycles. The summed E-state index contributed by atoms with van der Waals surface area (Å²) in [6.45, 7) is -1.45. The standard InChI is InChI=1S/C23H12F37NO/c1-61(2)4-5(62)3-6(24,25)7(26,27)8(28,29)9(30,31)10(32,33)11(34,35)12(36,37)13(38,39)14(40,41)15(42,43)16(44,45)17(46,47)18(48,49)19(50,51)20(52,53)21(54,55)22(56,57)23(58,59)60/h5,62H,3-4H2,1-2H3. The third-order valence-corrected chi connectivity index (χ3v) is 7.80. The largest absolute Gasteiger partial charge is 0.460 e. The van der Waals surface area contributed by atoms with E-state index >= 15 is 0 Å². The van der Waals surface area contributed by atoms with Crippen molar-refractivity contribution in [3.8, 4) is 0 Å². The Labute approximate surface area is 313 Å². The maximum atomic E-state index is 14.1. The topological polar surface area (TPSA) is 23.5 Å². The number of aliphatic hydroxyl groups is 1. The lowest BCUT2D eigenvalue weighted by atomic mass is 9.82. The monoisotopic (exact) mass is 1020 g/mol. The maximum Gasteiger partial charge on any atom is 0.460 e. The fourth-order valence-electron chi connectivity index (χ4n) is 4.08. The SMILES string of the molecule is CN(C)CC(O)CC(F)(F)C(F)(F)C(F)(F)C(F)(F)C(F)(F)C(F)(F)C(F)(F)C(F)(F)C(F)(F)C(F)(F)C(F)(F)C(F)(F)C(F)(F)C(F)(F)C(F)(F)C(F)(F)C(F)(F)C(F)(F)F. The molecule has 0 amide bonds. The molecule has 2 nitrogen and oxygen atoms in total. The van der Waals surface area contributed by atoms with Crippen molar-refractivity contribution >= 4 is 0 Å². The molecule has 62 heavy (non-hydrogen) atoms. The van der Waals surface area contributed by atoms with E-state index in [0.717, 1.165) is 0 Å². The summed E-state index contributed by atoms with van der Waals surface area (Å²) in [6.07, 6.45) is -15.1. The Hall–Kier alpha value is -2.67. The van der Waals surface area contributed by atoms with E-state index in [1.807, 2.05) is 0 Å². The number of alkyl halides is 37. The van der Waals surface area contributed by atoms with E-state index in [1.54, 1.807) is 0 Å². The van der Waals surface area contributed by atoms with Gasteiger partial charge in [0.25, 0.3) is 0 Å². The zero-order valence-corrected chi connectivity index (χ0v) is 27.9. The van der Waals surface area contributed by atoms with Crippen LogP contribution in [0.5, 0.6) is 0 Å². The smallest absolute Gasteiger partial charge is 0.392 e. The Kier molecular flexibility index (Phi) is 14.3. The third kappa shape index (κ3) is 7.17. The molecule has 1 unspecified atom stereocenters. The molecular weight excluding hydrogens is 1010 g/mol. The molecule has 0 radical (unpaired) electrons. The van der Waals surface area contributed by atoms with Crippen molar-refractivity contribution in [1.29, 1.82) is 0 Å². The van der Waals surface area contributed by atoms with Crippen molar-refractivity contribution in [2.45, 2.75) is 119 Å². The number of nitrogens with zero attached hydrogens (tertiary/aromatic N) is 1. The Balaban J connectivity index is 7.81. The molecule has 374 valence electrons. The van der Waals surface area contributed by atoms with E-state index in [1.165, 1.54) is 0 Å². The van der Waals surface area contributed by atoms with Gasteiger partial charge in [0.1, 0.15) is 0 Å². The van der Waals surface area contributed by atoms with Gasteiger partial charge in [0.05, 0.1) is 6.10 Å². The highest BCUT2D eigenvalue weighted by Crippen LogP contribution is 2.70. The molecule has 0 bridgehead atoms. The molecule has 0 heterocycles. The summed E-state index contributed by atoms with van der Waals surface area (Å²) in [4.78, 5) is 0.436. The quantitative estimate of drug-likeness (QED) is 0.123. The molecule has 0 saturated carbocycles. The molecule has 0 aliphatic carbocycles. The average Bonchev–Trinajstić information content (AvgIpc) is 3.01. The minimum absolute atomic E-state index is 0.436. The highest BCUT2D eigenvalue weighted by molar-refractivity contribution is 5.23. The second kappa shape index (κ2) is 14.9. The number of halogens is 37. The second-order valence-corrected chi connectivity index (χ2v) is 12.5. The predicted molar refractivity (Wildman–Crippen MR) is 119 cm³/mol. The first-order valence-electron chi connectivity index (χ1n) is 13.9. The fourth-order valence-corrected chi connectivity index (χ4v) is 4.08. The van der Waals surface area contributed by atoms with Crippen molar-refractivity contribution in [1.82, 2.24) is 4.90 Å². The van der Waals surface area contributed by atoms with Gasteiger partial charge in [-0.1, -0.05) is 0 Å². The zero-order valence-electron chi connectivity index (χ0n) is 27.9. The zero-order chi connectivity index (χ0) is 51.6. The van der Waals surface area contributed by atoms with Gasteiger partial charge in [-0.3, -0.25) is 0 Å². The van der Waals surface area contributed by atoms with E-state index in [-0.39, 0.29) is 0 Å². The van der Waals surface area contributed by atoms with Crippen molar-refractivity contribution < 1.29 is 168 Å². The fraction of sp³-hybridized carbons (Fsp3) is 1.00. The first-order chi connectivity index (χ1) is 26.1. The molecule has 0 saturated heterocycles. The molecule has 0 fully saturated rings. The number of aliphatic hydroxyl groups excluding tert-OH is 1. The molecule has 0 aliphatic rings. The average molecular weight is 1020 g/mol. The van der Waals surface area contributed by atoms with Crippen LogP contribution < -0.4 is 0 Å². The lowest BCUT2D eigenvalue weighted by Crippen LogP contribution is -2.80. The van der Waals surface area contributed by atoms with E-state index in [4.69, 9.17) is 5.11 Å². The lowest BCUT2D eigenvalue weighted by molar-refractivity contribution is -0.493. The predicted octanol–water partition coefficient (Wildman–Crippen LogP) is 11.7. The molecule has 0 rings (SSSR count). The van der Waals surface area contributed by atoms with Gasteiger partial charge in [0, 0.05) is 13.0 Å². The van der Waals surface area contributed by atoms with Crippen LogP contribution in [0.15, 0.2) is 0 Å². The Morgan fingerprint density at radius 3 is 0.565 bits per heavy atom. The first kappa shape index (κ1) is 59.3. The summed E-state index contributed by atoms with van der Waals surface area (Å²) in [5.74, 6) is -166. The van der Waals surface area contributed by atoms with Gasteiger partial charge in [-0.05, 0) is 14.1 Å². The molecule has 0 spiro atoms. The minimum Gasteiger partial charge on any atom is -0.392 e. The van der Waals surface area contributed by atoms with Crippen molar-refractivity contribution in [2.24, 2.45) is 0 Å². The van der Waals surface area contributed by atoms with E-state index in [0.29, 0.717) is 19.0 Å². The highest BCUT2D eigenvalue weighted by atomic mass is 19.4. The first-order valence-corrected chi connectivity index (χ1v) is 13.9. The van der Waals surface area contributed by atoms with Gasteiger partial charge < -0.3 is 10.0 Å². The Morgan fingerprint density at radius 2 is 0.419 bits per heavy atom. The molecule has 1 N–H and O–H groups in total. The molecular formula is C23H12F37NO. The third-order valence-electron chi connectivity index (χ3n) is 7.80. The Morgan fingerprint density at radius 1 is 0.274 bits per heavy atom. The van der Waals surface area contributed by atoms with Gasteiger partial charge in [0.15, 0.2) is 0 Å². The summed E-state index contributed by atoms with van der Waals surface area (Å²) in [5, 5.41) is 9.15. The van der Waals surface area contributed by atoms with Crippen LogP contribution in [0.25, 0.3) is 0 Å². The molecule has 0 aromatic rings. The number of rotatable bonds is 20. The van der Waals surface area contributed by atoms with Gasteiger partial charge in [-0.2, -0.15) is 162 Å². The minimum atomic E-state index is -10.4. The number of hydrogen-bond donors (Lipinski definition) is 1. The van der Waals surface area contributed by atoms with Crippen molar-refractivity contribution in [3.63, 3.8) is 0 Å². The van der Waals surface area contributed by atoms with E-state index in [2.05, 4.69) is 0 Å². The lowest BCUT2D eigenvalue weighted by Gasteiger charge is -2.47. The van der Waals surface area contributed by atoms with E-state index in [9.17, 15) is 162 Å². The Bertz CT molecular complexity index is 1580. The van der Waals surface area contributed by atoms with Crippen LogP contribution in [-0.2, 0) is 0 Å². The summed E-state index contributed by atoms with van der Waals surface area (Å²) in [7, 11) is 1.40. The highest BCUT2D eigenvalue weighted by Gasteiger charge is 3.02. The van der Waals surface area contributed by atoms with Crippen LogP contribution >= 0.6 is 0 Å². The summed E-state index contributed by atoms with van der Waals surface area (Å²) >= 11 is 0. The molecule has 39 heteroatoms. The summed E-state index contributed by atoms with van der Waals surface area (Å²) < 4.78 is 506. The van der Waals surface area contributed by atoms with Gasteiger partial charge in [0.2, 0.25) is 0 Å². The van der Waals surface area contributed by atoms with Gasteiger partial charge in [-0.25, -0.2) is 0 Å². The van der Waals surface area contributed by atoms with Crippen LogP contribution in [0, 0.1) is 0 Å².